The van der Waals surface area contributed by atoms with Crippen molar-refractivity contribution in [2.24, 2.45) is 5.73 Å². The molecule has 2 saturated heterocycles. The number of hydrogen-bond donors (Lipinski definition) is 10. The van der Waals surface area contributed by atoms with Crippen LogP contribution in [0, 0.1) is 0 Å². The Hall–Kier alpha value is -1.01. The summed E-state index contributed by atoms with van der Waals surface area (Å²) in [6.07, 6.45) is -14.9. The molecule has 28 heavy (non-hydrogen) atoms. The number of nitrogens with two attached hydrogens (primary N) is 1. The number of rotatable bonds is 6. The highest BCUT2D eigenvalue weighted by atomic mass is 16.7. The standard InChI is InChI=1S/C14H25NO13/c15-12(24)14(25)10(22)7(19)4(1-16)28-13(14,3-17)26-2-5-6(18)8(20)9(21)11(23)27-5/h4-11,16-23,25H,1-3H2,(H2,15,24)/t4-,5-,6-,7+,8+,9-,10+,11-,13+,14+/m1/s1. The fourth-order valence-corrected chi connectivity index (χ4v) is 3.19. The van der Waals surface area contributed by atoms with Crippen molar-refractivity contribution in [1.82, 2.24) is 0 Å². The van der Waals surface area contributed by atoms with Gasteiger partial charge in [0.25, 0.3) is 5.91 Å². The van der Waals surface area contributed by atoms with Gasteiger partial charge in [-0.15, -0.1) is 0 Å². The molecule has 1 amide bonds. The molecule has 0 saturated carbocycles. The number of carbonyl (C=O) groups is 1. The van der Waals surface area contributed by atoms with Gasteiger partial charge in [-0.05, 0) is 0 Å². The van der Waals surface area contributed by atoms with Gasteiger partial charge < -0.3 is 65.9 Å². The third-order valence-electron chi connectivity index (χ3n) is 4.99. The summed E-state index contributed by atoms with van der Waals surface area (Å²) >= 11 is 0. The molecule has 2 aliphatic heterocycles. The first kappa shape index (κ1) is 23.3. The molecular formula is C14H25NO13. The van der Waals surface area contributed by atoms with Crippen LogP contribution in [0.2, 0.25) is 0 Å². The highest BCUT2D eigenvalue weighted by Gasteiger charge is 2.68. The molecule has 0 aromatic heterocycles. The first-order valence-corrected chi connectivity index (χ1v) is 8.26. The molecule has 0 radical (unpaired) electrons. The number of hydrogen-bond acceptors (Lipinski definition) is 13. The van der Waals surface area contributed by atoms with Crippen molar-refractivity contribution in [2.45, 2.75) is 60.4 Å². The summed E-state index contributed by atoms with van der Waals surface area (Å²) in [5.41, 5.74) is 1.90. The molecule has 2 rings (SSSR count). The van der Waals surface area contributed by atoms with Crippen molar-refractivity contribution < 1.29 is 65.0 Å². The Morgan fingerprint density at radius 3 is 2.07 bits per heavy atom. The number of carbonyl (C=O) groups excluding carboxylic acids is 1. The van der Waals surface area contributed by atoms with Crippen molar-refractivity contribution >= 4 is 5.91 Å². The second kappa shape index (κ2) is 8.39. The maximum atomic E-state index is 11.8. The van der Waals surface area contributed by atoms with Gasteiger partial charge in [0.15, 0.2) is 6.29 Å². The molecule has 0 bridgehead atoms. The molecule has 10 atom stereocenters. The number of aliphatic hydroxyl groups is 9. The van der Waals surface area contributed by atoms with Gasteiger partial charge in [-0.25, -0.2) is 0 Å². The average Bonchev–Trinajstić information content (AvgIpc) is 2.67. The largest absolute Gasteiger partial charge is 0.394 e. The van der Waals surface area contributed by atoms with Crippen LogP contribution in [0.25, 0.3) is 0 Å². The second-order valence-corrected chi connectivity index (χ2v) is 6.66. The van der Waals surface area contributed by atoms with Crippen LogP contribution in [0.3, 0.4) is 0 Å². The Kier molecular flexibility index (Phi) is 6.97. The minimum absolute atomic E-state index is 0.862. The van der Waals surface area contributed by atoms with Crippen molar-refractivity contribution in [2.75, 3.05) is 19.8 Å². The predicted molar refractivity (Wildman–Crippen MR) is 82.8 cm³/mol. The summed E-state index contributed by atoms with van der Waals surface area (Å²) in [5, 5.41) is 88.3. The van der Waals surface area contributed by atoms with E-state index in [1.165, 1.54) is 0 Å². The Balaban J connectivity index is 2.31. The monoisotopic (exact) mass is 415 g/mol. The SMILES string of the molecule is NC(=O)[C@@]1(O)[C@@H](O)[C@@H](O)[C@@H](CO)O[C@]1(CO)OC[C@H]1O[C@@H](O)[C@H](O)[C@@H](O)[C@@H]1O. The van der Waals surface area contributed by atoms with E-state index in [2.05, 4.69) is 0 Å². The van der Waals surface area contributed by atoms with Crippen molar-refractivity contribution in [3.05, 3.63) is 0 Å². The first-order valence-electron chi connectivity index (χ1n) is 8.26. The van der Waals surface area contributed by atoms with E-state index in [0.717, 1.165) is 0 Å². The summed E-state index contributed by atoms with van der Waals surface area (Å²) in [7, 11) is 0. The number of amides is 1. The molecule has 0 aromatic carbocycles. The summed E-state index contributed by atoms with van der Waals surface area (Å²) in [6.45, 7) is -3.09. The van der Waals surface area contributed by atoms with E-state index in [1.807, 2.05) is 0 Å². The zero-order valence-corrected chi connectivity index (χ0v) is 14.5. The van der Waals surface area contributed by atoms with Gasteiger partial charge in [-0.1, -0.05) is 0 Å². The molecule has 0 unspecified atom stereocenters. The van der Waals surface area contributed by atoms with E-state index in [-0.39, 0.29) is 0 Å². The van der Waals surface area contributed by atoms with Gasteiger partial charge in [0.05, 0.1) is 13.2 Å². The van der Waals surface area contributed by atoms with Crippen LogP contribution in [-0.4, -0.2) is 132 Å². The molecule has 2 aliphatic rings. The predicted octanol–water partition coefficient (Wildman–Crippen LogP) is -7.18. The Morgan fingerprint density at radius 1 is 0.964 bits per heavy atom. The summed E-state index contributed by atoms with van der Waals surface area (Å²) in [5.74, 6) is -4.47. The van der Waals surface area contributed by atoms with Crippen LogP contribution >= 0.6 is 0 Å². The molecule has 14 heteroatoms. The fraction of sp³-hybridized carbons (Fsp3) is 0.929. The van der Waals surface area contributed by atoms with Crippen LogP contribution in [0.4, 0.5) is 0 Å². The minimum atomic E-state index is -3.21. The van der Waals surface area contributed by atoms with Gasteiger partial charge in [0.2, 0.25) is 11.4 Å². The summed E-state index contributed by atoms with van der Waals surface area (Å²) in [6, 6.07) is 0. The molecule has 0 spiro atoms. The van der Waals surface area contributed by atoms with Crippen LogP contribution in [0.5, 0.6) is 0 Å². The maximum absolute atomic E-state index is 11.8. The molecule has 164 valence electrons. The smallest absolute Gasteiger partial charge is 0.258 e. The lowest BCUT2D eigenvalue weighted by Crippen LogP contribution is -2.79. The lowest BCUT2D eigenvalue weighted by atomic mass is 9.79. The van der Waals surface area contributed by atoms with Gasteiger partial charge >= 0.3 is 0 Å². The van der Waals surface area contributed by atoms with Gasteiger partial charge in [0, 0.05) is 0 Å². The minimum Gasteiger partial charge on any atom is -0.394 e. The van der Waals surface area contributed by atoms with Crippen LogP contribution in [0.1, 0.15) is 0 Å². The lowest BCUT2D eigenvalue weighted by molar-refractivity contribution is -0.404. The zero-order chi connectivity index (χ0) is 21.4. The number of primary amides is 1. The highest BCUT2D eigenvalue weighted by Crippen LogP contribution is 2.39. The second-order valence-electron chi connectivity index (χ2n) is 6.66. The number of aliphatic hydroxyl groups excluding tert-OH is 8. The quantitative estimate of drug-likeness (QED) is 0.194. The Labute approximate surface area is 157 Å². The molecule has 11 N–H and O–H groups in total. The maximum Gasteiger partial charge on any atom is 0.258 e. The fourth-order valence-electron chi connectivity index (χ4n) is 3.19. The van der Waals surface area contributed by atoms with E-state index in [4.69, 9.17) is 19.9 Å². The van der Waals surface area contributed by atoms with E-state index in [1.54, 1.807) is 0 Å². The molecule has 0 aliphatic carbocycles. The molecule has 0 aromatic rings. The van der Waals surface area contributed by atoms with Gasteiger partial charge in [0.1, 0.15) is 49.3 Å². The molecule has 14 nitrogen and oxygen atoms in total. The van der Waals surface area contributed by atoms with Crippen molar-refractivity contribution in [3.63, 3.8) is 0 Å². The summed E-state index contributed by atoms with van der Waals surface area (Å²) < 4.78 is 15.2. The van der Waals surface area contributed by atoms with Crippen molar-refractivity contribution in [1.29, 1.82) is 0 Å². The van der Waals surface area contributed by atoms with E-state index >= 15 is 0 Å². The van der Waals surface area contributed by atoms with E-state index < -0.39 is 86.1 Å². The van der Waals surface area contributed by atoms with E-state index in [0.29, 0.717) is 0 Å². The zero-order valence-electron chi connectivity index (χ0n) is 14.5. The van der Waals surface area contributed by atoms with Gasteiger partial charge in [-0.3, -0.25) is 4.79 Å². The Morgan fingerprint density at radius 2 is 1.57 bits per heavy atom. The summed E-state index contributed by atoms with van der Waals surface area (Å²) in [4.78, 5) is 11.8. The third-order valence-corrected chi connectivity index (χ3v) is 4.99. The number of ether oxygens (including phenoxy) is 3. The van der Waals surface area contributed by atoms with Crippen LogP contribution in [0.15, 0.2) is 0 Å². The van der Waals surface area contributed by atoms with Crippen molar-refractivity contribution in [3.8, 4) is 0 Å². The molecular weight excluding hydrogens is 390 g/mol. The first-order chi connectivity index (χ1) is 13.0. The highest BCUT2D eigenvalue weighted by molar-refractivity contribution is 5.85. The van der Waals surface area contributed by atoms with Gasteiger partial charge in [-0.2, -0.15) is 0 Å². The molecule has 2 fully saturated rings. The average molecular weight is 415 g/mol. The van der Waals surface area contributed by atoms with Crippen LogP contribution < -0.4 is 5.73 Å². The third kappa shape index (κ3) is 3.51. The molecule has 2 heterocycles. The Bertz CT molecular complexity index is 565. The van der Waals surface area contributed by atoms with E-state index in [9.17, 15) is 50.8 Å². The normalized spacial score (nSPS) is 49.8. The lowest BCUT2D eigenvalue weighted by Gasteiger charge is -2.53. The van der Waals surface area contributed by atoms with Crippen LogP contribution in [-0.2, 0) is 19.0 Å². The topological polar surface area (TPSA) is 253 Å².